The third kappa shape index (κ3) is 3.61. The number of amides is 2. The summed E-state index contributed by atoms with van der Waals surface area (Å²) in [5.41, 5.74) is 2.50. The predicted molar refractivity (Wildman–Crippen MR) is 113 cm³/mol. The van der Waals surface area contributed by atoms with Crippen LogP contribution in [-0.4, -0.2) is 21.5 Å². The molecular weight excluding hydrogens is 426 g/mol. The quantitative estimate of drug-likeness (QED) is 0.603. The van der Waals surface area contributed by atoms with Crippen molar-refractivity contribution in [3.8, 4) is 0 Å². The van der Waals surface area contributed by atoms with Crippen LogP contribution in [0.5, 0.6) is 0 Å². The van der Waals surface area contributed by atoms with Gasteiger partial charge in [-0.15, -0.1) is 0 Å². The number of carbonyl (C=O) groups is 2. The van der Waals surface area contributed by atoms with Crippen molar-refractivity contribution in [3.05, 3.63) is 75.2 Å². The van der Waals surface area contributed by atoms with Crippen molar-refractivity contribution in [1.29, 1.82) is 0 Å². The van der Waals surface area contributed by atoms with Gasteiger partial charge in [-0.05, 0) is 48.2 Å². The van der Waals surface area contributed by atoms with E-state index in [0.29, 0.717) is 15.6 Å². The van der Waals surface area contributed by atoms with Crippen molar-refractivity contribution in [1.82, 2.24) is 9.88 Å². The van der Waals surface area contributed by atoms with Gasteiger partial charge < -0.3 is 9.88 Å². The fourth-order valence-electron chi connectivity index (χ4n) is 2.86. The molecule has 2 aromatic carbocycles. The van der Waals surface area contributed by atoms with E-state index in [0.717, 1.165) is 20.9 Å². The number of carbonyl (C=O) groups excluding carboxylic acids is 2. The summed E-state index contributed by atoms with van der Waals surface area (Å²) in [4.78, 5) is 29.1. The summed E-state index contributed by atoms with van der Waals surface area (Å²) in [6.07, 6.45) is 3.81. The van der Waals surface area contributed by atoms with Gasteiger partial charge in [0, 0.05) is 39.7 Å². The fourth-order valence-corrected chi connectivity index (χ4v) is 3.93. The second-order valence-corrected chi connectivity index (χ2v) is 7.95. The highest BCUT2D eigenvalue weighted by molar-refractivity contribution is 9.10. The van der Waals surface area contributed by atoms with E-state index in [1.165, 1.54) is 11.8 Å². The van der Waals surface area contributed by atoms with Gasteiger partial charge in [-0.2, -0.15) is 4.99 Å². The smallest absolute Gasteiger partial charge is 0.279 e. The Balaban J connectivity index is 1.61. The molecule has 3 aromatic rings. The standard InChI is InChI=1S/C20H14BrN3O2S/c1-24-11-13(15-4-2-3-5-16(15)24)10-17-19(26)23-20(27-17)22-18(25)12-6-8-14(21)9-7-12/h2-11H,1H3,(H,22,23,25,26)/b17-10+. The molecule has 0 bridgehead atoms. The Morgan fingerprint density at radius 1 is 1.19 bits per heavy atom. The SMILES string of the molecule is Cn1cc(/C=C2/SC(=NC(=O)c3ccc(Br)cc3)NC2=O)c2ccccc21. The zero-order chi connectivity index (χ0) is 19.0. The molecule has 0 radical (unpaired) electrons. The van der Waals surface area contributed by atoms with Gasteiger partial charge in [0.1, 0.15) is 0 Å². The van der Waals surface area contributed by atoms with Crippen LogP contribution in [0.2, 0.25) is 0 Å². The molecule has 4 rings (SSSR count). The minimum absolute atomic E-state index is 0.254. The maximum Gasteiger partial charge on any atom is 0.279 e. The van der Waals surface area contributed by atoms with Crippen molar-refractivity contribution < 1.29 is 9.59 Å². The van der Waals surface area contributed by atoms with Crippen LogP contribution >= 0.6 is 27.7 Å². The molecule has 27 heavy (non-hydrogen) atoms. The first kappa shape index (κ1) is 17.8. The van der Waals surface area contributed by atoms with Gasteiger partial charge in [0.2, 0.25) is 0 Å². The average Bonchev–Trinajstić information content (AvgIpc) is 3.16. The van der Waals surface area contributed by atoms with Crippen LogP contribution in [0.15, 0.2) is 69.1 Å². The lowest BCUT2D eigenvalue weighted by atomic mass is 10.1. The van der Waals surface area contributed by atoms with Gasteiger partial charge in [0.25, 0.3) is 11.8 Å². The molecule has 7 heteroatoms. The zero-order valence-electron chi connectivity index (χ0n) is 14.3. The van der Waals surface area contributed by atoms with Crippen molar-refractivity contribution in [3.63, 3.8) is 0 Å². The van der Waals surface area contributed by atoms with Gasteiger partial charge in [-0.3, -0.25) is 9.59 Å². The molecule has 0 atom stereocenters. The van der Waals surface area contributed by atoms with Crippen molar-refractivity contribution in [2.24, 2.45) is 12.0 Å². The number of rotatable bonds is 2. The Labute approximate surface area is 168 Å². The van der Waals surface area contributed by atoms with E-state index in [2.05, 4.69) is 26.2 Å². The van der Waals surface area contributed by atoms with Gasteiger partial charge in [0.05, 0.1) is 4.91 Å². The fraction of sp³-hybridized carbons (Fsp3) is 0.0500. The first-order valence-electron chi connectivity index (χ1n) is 8.15. The molecule has 1 aliphatic rings. The number of aryl methyl sites for hydroxylation is 1. The van der Waals surface area contributed by atoms with E-state index in [4.69, 9.17) is 0 Å². The monoisotopic (exact) mass is 439 g/mol. The van der Waals surface area contributed by atoms with E-state index in [1.807, 2.05) is 48.2 Å². The number of thioether (sulfide) groups is 1. The maximum atomic E-state index is 12.3. The molecule has 2 heterocycles. The Morgan fingerprint density at radius 2 is 1.93 bits per heavy atom. The highest BCUT2D eigenvalue weighted by atomic mass is 79.9. The number of para-hydroxylation sites is 1. The molecule has 2 amide bonds. The zero-order valence-corrected chi connectivity index (χ0v) is 16.7. The first-order valence-corrected chi connectivity index (χ1v) is 9.76. The maximum absolute atomic E-state index is 12.3. The summed E-state index contributed by atoms with van der Waals surface area (Å²) >= 11 is 4.50. The Kier molecular flexibility index (Phi) is 4.72. The number of aromatic nitrogens is 1. The molecule has 1 N–H and O–H groups in total. The summed E-state index contributed by atoms with van der Waals surface area (Å²) in [6.45, 7) is 0. The summed E-state index contributed by atoms with van der Waals surface area (Å²) in [5, 5.41) is 4.02. The Bertz CT molecular complexity index is 1130. The van der Waals surface area contributed by atoms with Crippen LogP contribution in [0.25, 0.3) is 17.0 Å². The molecule has 1 aromatic heterocycles. The number of fused-ring (bicyclic) bond motifs is 1. The van der Waals surface area contributed by atoms with E-state index in [9.17, 15) is 9.59 Å². The third-order valence-corrected chi connectivity index (χ3v) is 5.60. The number of nitrogens with one attached hydrogen (secondary N) is 1. The number of nitrogens with zero attached hydrogens (tertiary/aromatic N) is 2. The van der Waals surface area contributed by atoms with Crippen LogP contribution in [0, 0.1) is 0 Å². The van der Waals surface area contributed by atoms with E-state index in [-0.39, 0.29) is 5.91 Å². The van der Waals surface area contributed by atoms with Crippen LogP contribution in [-0.2, 0) is 11.8 Å². The lowest BCUT2D eigenvalue weighted by Gasteiger charge is -1.97. The lowest BCUT2D eigenvalue weighted by molar-refractivity contribution is -0.115. The highest BCUT2D eigenvalue weighted by Gasteiger charge is 2.25. The lowest BCUT2D eigenvalue weighted by Crippen LogP contribution is -2.20. The minimum Gasteiger partial charge on any atom is -0.350 e. The number of hydrogen-bond donors (Lipinski definition) is 1. The molecular formula is C20H14BrN3O2S. The van der Waals surface area contributed by atoms with E-state index >= 15 is 0 Å². The van der Waals surface area contributed by atoms with Crippen molar-refractivity contribution in [2.75, 3.05) is 0 Å². The Morgan fingerprint density at radius 3 is 2.70 bits per heavy atom. The number of halogens is 1. The number of benzene rings is 2. The molecule has 5 nitrogen and oxygen atoms in total. The first-order chi connectivity index (χ1) is 13.0. The van der Waals surface area contributed by atoms with Crippen LogP contribution in [0.1, 0.15) is 15.9 Å². The molecule has 134 valence electrons. The molecule has 0 unspecified atom stereocenters. The summed E-state index contributed by atoms with van der Waals surface area (Å²) in [7, 11) is 1.97. The normalized spacial score (nSPS) is 17.0. The molecule has 1 saturated heterocycles. The second kappa shape index (κ2) is 7.17. The number of hydrogen-bond acceptors (Lipinski definition) is 3. The topological polar surface area (TPSA) is 63.5 Å². The van der Waals surface area contributed by atoms with E-state index < -0.39 is 5.91 Å². The molecule has 0 saturated carbocycles. The molecule has 1 fully saturated rings. The highest BCUT2D eigenvalue weighted by Crippen LogP contribution is 2.29. The third-order valence-electron chi connectivity index (χ3n) is 4.16. The van der Waals surface area contributed by atoms with Crippen molar-refractivity contribution in [2.45, 2.75) is 0 Å². The summed E-state index contributed by atoms with van der Waals surface area (Å²) < 4.78 is 2.90. The van der Waals surface area contributed by atoms with Gasteiger partial charge in [-0.1, -0.05) is 34.1 Å². The molecule has 0 aliphatic carbocycles. The van der Waals surface area contributed by atoms with Gasteiger partial charge >= 0.3 is 0 Å². The van der Waals surface area contributed by atoms with Crippen molar-refractivity contribution >= 4 is 61.7 Å². The Hall–Kier alpha value is -2.64. The minimum atomic E-state index is -0.392. The summed E-state index contributed by atoms with van der Waals surface area (Å²) in [6, 6.07) is 14.9. The van der Waals surface area contributed by atoms with E-state index in [1.54, 1.807) is 24.3 Å². The summed E-state index contributed by atoms with van der Waals surface area (Å²) in [5.74, 6) is -0.646. The average molecular weight is 440 g/mol. The van der Waals surface area contributed by atoms with Gasteiger partial charge in [0.15, 0.2) is 5.17 Å². The largest absolute Gasteiger partial charge is 0.350 e. The van der Waals surface area contributed by atoms with Crippen LogP contribution in [0.4, 0.5) is 0 Å². The molecule has 1 aliphatic heterocycles. The second-order valence-electron chi connectivity index (χ2n) is 6.01. The van der Waals surface area contributed by atoms with Gasteiger partial charge in [-0.25, -0.2) is 0 Å². The van der Waals surface area contributed by atoms with Crippen LogP contribution in [0.3, 0.4) is 0 Å². The molecule has 0 spiro atoms. The predicted octanol–water partition coefficient (Wildman–Crippen LogP) is 4.34. The number of aliphatic imine (C=N–C) groups is 1. The van der Waals surface area contributed by atoms with Crippen LogP contribution < -0.4 is 5.32 Å². The number of amidine groups is 1.